The lowest BCUT2D eigenvalue weighted by Crippen LogP contribution is -2.04. The molecule has 0 spiro atoms. The Morgan fingerprint density at radius 3 is 2.36 bits per heavy atom. The molecule has 0 nitrogen and oxygen atoms in total. The quantitative estimate of drug-likeness (QED) is 0.546. The van der Waals surface area contributed by atoms with Crippen molar-refractivity contribution < 1.29 is 13.2 Å². The van der Waals surface area contributed by atoms with E-state index in [0.717, 1.165) is 12.1 Å². The number of aryl methyl sites for hydroxylation is 1. The lowest BCUT2D eigenvalue weighted by atomic mass is 10.1. The molecule has 0 aromatic heterocycles. The number of hydrogen-bond acceptors (Lipinski definition) is 0. The van der Waals surface area contributed by atoms with Crippen LogP contribution in [0.5, 0.6) is 0 Å². The van der Waals surface area contributed by atoms with Gasteiger partial charge in [-0.15, -0.1) is 0 Å². The molecule has 1 aromatic carbocycles. The Hall–Kier alpha value is -0.990. The molecular formula is C8H6F3. The summed E-state index contributed by atoms with van der Waals surface area (Å²) in [6.07, 6.45) is -4.24. The van der Waals surface area contributed by atoms with Crippen molar-refractivity contribution in [3.05, 3.63) is 35.4 Å². The highest BCUT2D eigenvalue weighted by atomic mass is 19.4. The second-order valence-corrected chi connectivity index (χ2v) is 2.26. The van der Waals surface area contributed by atoms with Gasteiger partial charge in [-0.05, 0) is 30.7 Å². The summed E-state index contributed by atoms with van der Waals surface area (Å²) in [5.41, 5.74) is -0.117. The molecule has 0 bridgehead atoms. The van der Waals surface area contributed by atoms with E-state index < -0.39 is 11.7 Å². The van der Waals surface area contributed by atoms with E-state index in [1.165, 1.54) is 6.07 Å². The van der Waals surface area contributed by atoms with Crippen LogP contribution in [0.1, 0.15) is 11.1 Å². The molecule has 0 unspecified atom stereocenters. The Kier molecular flexibility index (Phi) is 1.89. The lowest BCUT2D eigenvalue weighted by Gasteiger charge is -2.05. The summed E-state index contributed by atoms with van der Waals surface area (Å²) in [5.74, 6) is 0. The first-order valence-corrected chi connectivity index (χ1v) is 3.05. The van der Waals surface area contributed by atoms with Crippen LogP contribution in [0.3, 0.4) is 0 Å². The zero-order chi connectivity index (χ0) is 8.48. The van der Waals surface area contributed by atoms with Gasteiger partial charge in [0.15, 0.2) is 0 Å². The van der Waals surface area contributed by atoms with Crippen LogP contribution in [-0.2, 0) is 6.18 Å². The minimum Gasteiger partial charge on any atom is -0.166 e. The van der Waals surface area contributed by atoms with Crippen LogP contribution >= 0.6 is 0 Å². The fourth-order valence-corrected chi connectivity index (χ4v) is 0.762. The van der Waals surface area contributed by atoms with Gasteiger partial charge in [0.1, 0.15) is 0 Å². The minimum absolute atomic E-state index is 0.500. The summed E-state index contributed by atoms with van der Waals surface area (Å²) in [5, 5.41) is 0. The van der Waals surface area contributed by atoms with Crippen LogP contribution < -0.4 is 0 Å². The van der Waals surface area contributed by atoms with Gasteiger partial charge < -0.3 is 0 Å². The van der Waals surface area contributed by atoms with E-state index in [4.69, 9.17) is 0 Å². The molecule has 0 saturated carbocycles. The van der Waals surface area contributed by atoms with Crippen molar-refractivity contribution in [2.45, 2.75) is 13.1 Å². The van der Waals surface area contributed by atoms with Crippen LogP contribution in [0.4, 0.5) is 13.2 Å². The molecule has 0 N–H and O–H groups in total. The Morgan fingerprint density at radius 2 is 2.00 bits per heavy atom. The number of hydrogen-bond donors (Lipinski definition) is 0. The molecule has 1 radical (unpaired) electrons. The third-order valence-corrected chi connectivity index (χ3v) is 1.27. The Labute approximate surface area is 62.7 Å². The van der Waals surface area contributed by atoms with Gasteiger partial charge in [0, 0.05) is 0 Å². The molecule has 1 aromatic rings. The van der Waals surface area contributed by atoms with E-state index in [1.54, 1.807) is 6.92 Å². The summed E-state index contributed by atoms with van der Waals surface area (Å²) in [6, 6.07) is 6.00. The first-order valence-electron chi connectivity index (χ1n) is 3.05. The highest BCUT2D eigenvalue weighted by molar-refractivity contribution is 5.23. The first kappa shape index (κ1) is 8.11. The standard InChI is InChI=1S/C8H6F3/c1-6-3-2-4-7(5-6)8(9,10)11/h2,4-5H,1H3. The van der Waals surface area contributed by atoms with Crippen molar-refractivity contribution >= 4 is 0 Å². The van der Waals surface area contributed by atoms with Gasteiger partial charge in [-0.3, -0.25) is 0 Å². The van der Waals surface area contributed by atoms with Gasteiger partial charge in [0.05, 0.1) is 5.56 Å². The second-order valence-electron chi connectivity index (χ2n) is 2.26. The first-order chi connectivity index (χ1) is 5.00. The molecule has 0 saturated heterocycles. The zero-order valence-electron chi connectivity index (χ0n) is 5.87. The SMILES string of the molecule is Cc1[c]ccc(C(F)(F)F)c1. The average molecular weight is 159 g/mol. The van der Waals surface area contributed by atoms with Gasteiger partial charge in [0.2, 0.25) is 0 Å². The Bertz CT molecular complexity index is 250. The van der Waals surface area contributed by atoms with E-state index in [-0.39, 0.29) is 0 Å². The van der Waals surface area contributed by atoms with Crippen molar-refractivity contribution in [2.24, 2.45) is 0 Å². The monoisotopic (exact) mass is 159 g/mol. The number of alkyl halides is 3. The normalized spacial score (nSPS) is 11.6. The topological polar surface area (TPSA) is 0 Å². The molecule has 0 atom stereocenters. The minimum atomic E-state index is -4.24. The van der Waals surface area contributed by atoms with E-state index in [0.29, 0.717) is 5.56 Å². The average Bonchev–Trinajstić information content (AvgIpc) is 1.86. The second kappa shape index (κ2) is 2.57. The van der Waals surface area contributed by atoms with Crippen LogP contribution in [-0.4, -0.2) is 0 Å². The molecule has 0 aliphatic rings. The maximum absolute atomic E-state index is 12.0. The summed E-state index contributed by atoms with van der Waals surface area (Å²) in [6.45, 7) is 1.58. The Morgan fingerprint density at radius 1 is 1.36 bits per heavy atom. The number of rotatable bonds is 0. The molecule has 1 rings (SSSR count). The highest BCUT2D eigenvalue weighted by Crippen LogP contribution is 2.29. The van der Waals surface area contributed by atoms with E-state index in [9.17, 15) is 13.2 Å². The Balaban J connectivity index is 3.06. The summed E-state index contributed by atoms with van der Waals surface area (Å²) >= 11 is 0. The van der Waals surface area contributed by atoms with Gasteiger partial charge >= 0.3 is 6.18 Å². The highest BCUT2D eigenvalue weighted by Gasteiger charge is 2.29. The van der Waals surface area contributed by atoms with Gasteiger partial charge in [0.25, 0.3) is 0 Å². The summed E-state index contributed by atoms with van der Waals surface area (Å²) in [4.78, 5) is 0. The zero-order valence-corrected chi connectivity index (χ0v) is 5.87. The maximum Gasteiger partial charge on any atom is 0.416 e. The van der Waals surface area contributed by atoms with Crippen molar-refractivity contribution in [3.8, 4) is 0 Å². The molecule has 0 amide bonds. The molecular weight excluding hydrogens is 153 g/mol. The number of halogens is 3. The predicted molar refractivity (Wildman–Crippen MR) is 35.0 cm³/mol. The van der Waals surface area contributed by atoms with Gasteiger partial charge in [-0.25, -0.2) is 0 Å². The van der Waals surface area contributed by atoms with Crippen LogP contribution in [0.2, 0.25) is 0 Å². The fraction of sp³-hybridized carbons (Fsp3) is 0.250. The molecule has 0 fully saturated rings. The molecule has 0 aliphatic carbocycles. The molecule has 3 heteroatoms. The maximum atomic E-state index is 12.0. The van der Waals surface area contributed by atoms with E-state index >= 15 is 0 Å². The fourth-order valence-electron chi connectivity index (χ4n) is 0.762. The van der Waals surface area contributed by atoms with Crippen molar-refractivity contribution in [1.29, 1.82) is 0 Å². The van der Waals surface area contributed by atoms with E-state index in [2.05, 4.69) is 6.07 Å². The third kappa shape index (κ3) is 1.97. The van der Waals surface area contributed by atoms with Crippen molar-refractivity contribution in [3.63, 3.8) is 0 Å². The van der Waals surface area contributed by atoms with Crippen molar-refractivity contribution in [1.82, 2.24) is 0 Å². The summed E-state index contributed by atoms with van der Waals surface area (Å²) in [7, 11) is 0. The van der Waals surface area contributed by atoms with Gasteiger partial charge in [-0.1, -0.05) is 6.07 Å². The largest absolute Gasteiger partial charge is 0.416 e. The molecule has 59 valence electrons. The van der Waals surface area contributed by atoms with Gasteiger partial charge in [-0.2, -0.15) is 13.2 Å². The van der Waals surface area contributed by atoms with Crippen LogP contribution in [0.25, 0.3) is 0 Å². The molecule has 11 heavy (non-hydrogen) atoms. The predicted octanol–water partition coefficient (Wildman–Crippen LogP) is 2.81. The van der Waals surface area contributed by atoms with Crippen LogP contribution in [0, 0.1) is 13.0 Å². The molecule has 0 aliphatic heterocycles. The van der Waals surface area contributed by atoms with Crippen molar-refractivity contribution in [2.75, 3.05) is 0 Å². The van der Waals surface area contributed by atoms with Crippen LogP contribution in [0.15, 0.2) is 18.2 Å². The lowest BCUT2D eigenvalue weighted by molar-refractivity contribution is -0.137. The summed E-state index contributed by atoms with van der Waals surface area (Å²) < 4.78 is 35.9. The van der Waals surface area contributed by atoms with E-state index in [1.807, 2.05) is 0 Å². The molecule has 0 heterocycles. The number of benzene rings is 1. The third-order valence-electron chi connectivity index (χ3n) is 1.27. The smallest absolute Gasteiger partial charge is 0.166 e.